The van der Waals surface area contributed by atoms with Crippen molar-refractivity contribution >= 4 is 45.1 Å². The Morgan fingerprint density at radius 2 is 2.12 bits per heavy atom. The van der Waals surface area contributed by atoms with Crippen LogP contribution in [0.4, 0.5) is 10.7 Å². The first-order chi connectivity index (χ1) is 11.8. The van der Waals surface area contributed by atoms with Crippen molar-refractivity contribution < 1.29 is 17.9 Å². The quantitative estimate of drug-likeness (QED) is 0.795. The Balaban J connectivity index is 1.76. The summed E-state index contributed by atoms with van der Waals surface area (Å²) < 4.78 is 31.9. The molecular weight excluding hydrogens is 386 g/mol. The summed E-state index contributed by atoms with van der Waals surface area (Å²) in [7, 11) is -2.61. The molecule has 0 saturated carbocycles. The first-order valence-electron chi connectivity index (χ1n) is 7.16. The highest BCUT2D eigenvalue weighted by molar-refractivity contribution is 8.01. The molecule has 1 aliphatic heterocycles. The number of aromatic nitrogens is 3. The predicted octanol–water partition coefficient (Wildman–Crippen LogP) is 1.80. The van der Waals surface area contributed by atoms with E-state index in [1.165, 1.54) is 30.2 Å². The van der Waals surface area contributed by atoms with E-state index in [-0.39, 0.29) is 16.9 Å². The number of urea groups is 1. The van der Waals surface area contributed by atoms with Crippen LogP contribution in [0, 0.1) is 6.92 Å². The highest BCUT2D eigenvalue weighted by Crippen LogP contribution is 2.44. The van der Waals surface area contributed by atoms with Crippen molar-refractivity contribution in [2.45, 2.75) is 35.3 Å². The summed E-state index contributed by atoms with van der Waals surface area (Å²) in [6, 6.07) is -0.935. The summed E-state index contributed by atoms with van der Waals surface area (Å²) in [5.41, 5.74) is 0. The van der Waals surface area contributed by atoms with Gasteiger partial charge in [0.1, 0.15) is 10.7 Å². The van der Waals surface area contributed by atoms with E-state index in [4.69, 9.17) is 4.74 Å². The van der Waals surface area contributed by atoms with Crippen LogP contribution < -0.4 is 14.8 Å². The topological polar surface area (TPSA) is 123 Å². The number of methoxy groups -OCH3 is 1. The molecule has 1 atom stereocenters. The third-order valence-electron chi connectivity index (χ3n) is 3.23. The zero-order valence-electron chi connectivity index (χ0n) is 13.6. The molecule has 1 unspecified atom stereocenters. The molecule has 0 aromatic carbocycles. The van der Waals surface area contributed by atoms with Gasteiger partial charge in [-0.25, -0.2) is 17.9 Å². The smallest absolute Gasteiger partial charge is 0.335 e. The van der Waals surface area contributed by atoms with Gasteiger partial charge in [-0.05, 0) is 13.3 Å². The lowest BCUT2D eigenvalue weighted by Gasteiger charge is -2.09. The molecule has 2 N–H and O–H groups in total. The number of amides is 2. The Kier molecular flexibility index (Phi) is 4.84. The van der Waals surface area contributed by atoms with Crippen molar-refractivity contribution in [2.75, 3.05) is 12.4 Å². The number of rotatable bonds is 4. The second-order valence-electron chi connectivity index (χ2n) is 5.24. The van der Waals surface area contributed by atoms with E-state index in [1.807, 2.05) is 11.6 Å². The third-order valence-corrected chi connectivity index (χ3v) is 7.27. The summed E-state index contributed by atoms with van der Waals surface area (Å²) >= 11 is 2.89. The van der Waals surface area contributed by atoms with Crippen molar-refractivity contribution in [2.24, 2.45) is 0 Å². The van der Waals surface area contributed by atoms with Gasteiger partial charge in [-0.1, -0.05) is 6.92 Å². The second kappa shape index (κ2) is 6.77. The number of nitrogens with zero attached hydrogens (tertiary/aromatic N) is 3. The van der Waals surface area contributed by atoms with Crippen molar-refractivity contribution in [3.05, 3.63) is 16.1 Å². The number of nitrogens with one attached hydrogen (secondary N) is 2. The normalized spacial score (nSPS) is 16.4. The van der Waals surface area contributed by atoms with Gasteiger partial charge in [0.15, 0.2) is 0 Å². The molecule has 2 aromatic heterocycles. The number of thiophene rings is 1. The van der Waals surface area contributed by atoms with Crippen molar-refractivity contribution in [1.82, 2.24) is 19.7 Å². The lowest BCUT2D eigenvalue weighted by Crippen LogP contribution is -2.35. The molecule has 3 heterocycles. The molecule has 134 valence electrons. The van der Waals surface area contributed by atoms with Gasteiger partial charge in [0.2, 0.25) is 5.95 Å². The van der Waals surface area contributed by atoms with Gasteiger partial charge >= 0.3 is 12.0 Å². The first kappa shape index (κ1) is 17.9. The Bertz CT molecular complexity index is 928. The minimum Gasteiger partial charge on any atom is -0.467 e. The lowest BCUT2D eigenvalue weighted by molar-refractivity contribution is 0.256. The van der Waals surface area contributed by atoms with Crippen molar-refractivity contribution in [1.29, 1.82) is 0 Å². The Hall–Kier alpha value is -1.92. The van der Waals surface area contributed by atoms with Crippen LogP contribution in [0.2, 0.25) is 0 Å². The number of fused-ring (bicyclic) bond motifs is 1. The SMILES string of the molecule is COc1nc(C)nc(NC(=O)NS(=O)(=O)c2csc3c2SC(C)C3)n1. The van der Waals surface area contributed by atoms with Crippen LogP contribution >= 0.6 is 23.1 Å². The van der Waals surface area contributed by atoms with E-state index in [0.717, 1.165) is 16.2 Å². The molecule has 0 saturated heterocycles. The molecule has 0 radical (unpaired) electrons. The number of ether oxygens (including phenoxy) is 1. The zero-order chi connectivity index (χ0) is 18.2. The highest BCUT2D eigenvalue weighted by Gasteiger charge is 2.30. The molecule has 25 heavy (non-hydrogen) atoms. The minimum absolute atomic E-state index is 0.0201. The maximum absolute atomic E-state index is 12.5. The Labute approximate surface area is 152 Å². The molecule has 9 nitrogen and oxygen atoms in total. The van der Waals surface area contributed by atoms with Gasteiger partial charge < -0.3 is 4.74 Å². The summed E-state index contributed by atoms with van der Waals surface area (Å²) in [5, 5.41) is 4.15. The largest absolute Gasteiger partial charge is 0.467 e. The monoisotopic (exact) mass is 401 g/mol. The van der Waals surface area contributed by atoms with Crippen LogP contribution in [0.1, 0.15) is 17.6 Å². The molecule has 3 rings (SSSR count). The fourth-order valence-electron chi connectivity index (χ4n) is 2.23. The van der Waals surface area contributed by atoms with Gasteiger partial charge in [-0.2, -0.15) is 15.0 Å². The summed E-state index contributed by atoms with van der Waals surface area (Å²) in [4.78, 5) is 25.6. The first-order valence-corrected chi connectivity index (χ1v) is 10.4. The predicted molar refractivity (Wildman–Crippen MR) is 93.8 cm³/mol. The number of hydrogen-bond acceptors (Lipinski definition) is 9. The average Bonchev–Trinajstić information content (AvgIpc) is 3.04. The molecule has 0 aliphatic carbocycles. The maximum Gasteiger partial charge on any atom is 0.335 e. The number of aryl methyl sites for hydroxylation is 1. The number of sulfonamides is 1. The van der Waals surface area contributed by atoms with Crippen LogP contribution in [0.3, 0.4) is 0 Å². The fourth-order valence-corrected chi connectivity index (χ4v) is 6.63. The molecule has 0 bridgehead atoms. The number of carbonyl (C=O) groups excluding carboxylic acids is 1. The summed E-state index contributed by atoms with van der Waals surface area (Å²) in [6.07, 6.45) is 0.830. The van der Waals surface area contributed by atoms with Crippen LogP contribution in [0.25, 0.3) is 0 Å². The molecule has 0 fully saturated rings. The van der Waals surface area contributed by atoms with E-state index in [9.17, 15) is 13.2 Å². The molecular formula is C13H15N5O4S3. The van der Waals surface area contributed by atoms with E-state index < -0.39 is 16.1 Å². The number of hydrogen-bond donors (Lipinski definition) is 2. The number of anilines is 1. The summed E-state index contributed by atoms with van der Waals surface area (Å²) in [6.45, 7) is 3.63. The van der Waals surface area contributed by atoms with E-state index in [2.05, 4.69) is 20.3 Å². The van der Waals surface area contributed by atoms with Gasteiger partial charge in [0.05, 0.1) is 7.11 Å². The second-order valence-corrected chi connectivity index (χ2v) is 9.30. The molecule has 1 aliphatic rings. The molecule has 2 amide bonds. The van der Waals surface area contributed by atoms with E-state index in [0.29, 0.717) is 11.1 Å². The van der Waals surface area contributed by atoms with Gasteiger partial charge in [-0.3, -0.25) is 5.32 Å². The van der Waals surface area contributed by atoms with Crippen molar-refractivity contribution in [3.63, 3.8) is 0 Å². The van der Waals surface area contributed by atoms with Gasteiger partial charge in [0.25, 0.3) is 10.0 Å². The highest BCUT2D eigenvalue weighted by atomic mass is 32.2. The minimum atomic E-state index is -3.99. The summed E-state index contributed by atoms with van der Waals surface area (Å²) in [5.74, 6) is 0.224. The Morgan fingerprint density at radius 3 is 2.84 bits per heavy atom. The van der Waals surface area contributed by atoms with Crippen molar-refractivity contribution in [3.8, 4) is 6.01 Å². The Morgan fingerprint density at radius 1 is 1.36 bits per heavy atom. The van der Waals surface area contributed by atoms with E-state index in [1.54, 1.807) is 12.3 Å². The average molecular weight is 401 g/mol. The van der Waals surface area contributed by atoms with Gasteiger partial charge in [0, 0.05) is 20.4 Å². The maximum atomic E-state index is 12.5. The van der Waals surface area contributed by atoms with Crippen LogP contribution in [0.15, 0.2) is 15.2 Å². The van der Waals surface area contributed by atoms with E-state index >= 15 is 0 Å². The zero-order valence-corrected chi connectivity index (χ0v) is 16.0. The molecule has 0 spiro atoms. The standard InChI is InChI=1S/C13H15N5O4S3/c1-6-4-8-10(24-6)9(5-23-8)25(20,21)18-12(19)16-11-14-7(2)15-13(17-11)22-3/h5-6H,4H2,1-3H3,(H2,14,15,16,17,18,19). The van der Waals surface area contributed by atoms with Crippen LogP contribution in [-0.4, -0.2) is 41.8 Å². The molecule has 12 heteroatoms. The number of carbonyl (C=O) groups is 1. The van der Waals surface area contributed by atoms with Gasteiger partial charge in [-0.15, -0.1) is 23.1 Å². The van der Waals surface area contributed by atoms with Crippen LogP contribution in [0.5, 0.6) is 6.01 Å². The fraction of sp³-hybridized carbons (Fsp3) is 0.385. The third kappa shape index (κ3) is 3.85. The molecule has 2 aromatic rings. The van der Waals surface area contributed by atoms with Crippen LogP contribution in [-0.2, 0) is 16.4 Å². The lowest BCUT2D eigenvalue weighted by atomic mass is 10.3. The number of thioether (sulfide) groups is 1.